The number of carboxylic acid groups (broad SMARTS) is 1. The molecule has 0 saturated carbocycles. The maximum Gasteiger partial charge on any atom is 0.326 e. The Morgan fingerprint density at radius 3 is 2.19 bits per heavy atom. The van der Waals surface area contributed by atoms with E-state index < -0.39 is 35.5 Å². The van der Waals surface area contributed by atoms with Gasteiger partial charge in [-0.1, -0.05) is 20.3 Å². The normalized spacial score (nSPS) is 13.4. The van der Waals surface area contributed by atoms with Gasteiger partial charge in [0.1, 0.15) is 6.04 Å². The first-order valence-electron chi connectivity index (χ1n) is 6.21. The summed E-state index contributed by atoms with van der Waals surface area (Å²) in [5, 5.41) is 13.2. The minimum Gasteiger partial charge on any atom is -0.480 e. The average Bonchev–Trinajstić information content (AvgIpc) is 2.40. The fourth-order valence-corrected chi connectivity index (χ4v) is 1.62. The van der Waals surface area contributed by atoms with Crippen LogP contribution >= 0.6 is 0 Å². The van der Waals surface area contributed by atoms with Gasteiger partial charge in [-0.05, 0) is 5.92 Å². The Morgan fingerprint density at radius 2 is 1.76 bits per heavy atom. The highest BCUT2D eigenvalue weighted by molar-refractivity contribution is 5.92. The lowest BCUT2D eigenvalue weighted by atomic mass is 9.99. The molecule has 0 radical (unpaired) electrons. The van der Waals surface area contributed by atoms with Crippen molar-refractivity contribution >= 4 is 17.7 Å². The van der Waals surface area contributed by atoms with Crippen LogP contribution in [0.15, 0.2) is 12.1 Å². The van der Waals surface area contributed by atoms with Gasteiger partial charge in [0, 0.05) is 17.8 Å². The molecule has 0 aromatic heterocycles. The quantitative estimate of drug-likeness (QED) is 0.732. The molecule has 0 bridgehead atoms. The third-order valence-corrected chi connectivity index (χ3v) is 3.01. The van der Waals surface area contributed by atoms with Gasteiger partial charge >= 0.3 is 12.0 Å². The summed E-state index contributed by atoms with van der Waals surface area (Å²) in [5.41, 5.74) is -0.322. The first-order valence-corrected chi connectivity index (χ1v) is 6.21. The number of carboxylic acids is 1. The largest absolute Gasteiger partial charge is 0.480 e. The maximum absolute atomic E-state index is 13.0. The SMILES string of the molecule is CCC(C)C(NC(=O)Nc1cc(F)c(F)c(F)c1)C(=O)O. The first kappa shape index (κ1) is 16.8. The van der Waals surface area contributed by atoms with Crippen molar-refractivity contribution in [1.29, 1.82) is 0 Å². The molecule has 0 spiro atoms. The Hall–Kier alpha value is -2.25. The summed E-state index contributed by atoms with van der Waals surface area (Å²) in [5.74, 6) is -6.13. The summed E-state index contributed by atoms with van der Waals surface area (Å²) in [6, 6.07) is -0.910. The molecule has 2 amide bonds. The molecule has 2 atom stereocenters. The van der Waals surface area contributed by atoms with Crippen LogP contribution in [0.5, 0.6) is 0 Å². The molecule has 1 rings (SSSR count). The van der Waals surface area contributed by atoms with Crippen molar-refractivity contribution in [2.45, 2.75) is 26.3 Å². The van der Waals surface area contributed by atoms with Crippen molar-refractivity contribution < 1.29 is 27.9 Å². The van der Waals surface area contributed by atoms with Gasteiger partial charge in [0.15, 0.2) is 17.5 Å². The first-order chi connectivity index (χ1) is 9.76. The third kappa shape index (κ3) is 4.37. The van der Waals surface area contributed by atoms with Gasteiger partial charge in [0.25, 0.3) is 0 Å². The number of rotatable bonds is 5. The summed E-state index contributed by atoms with van der Waals surface area (Å²) in [7, 11) is 0. The number of anilines is 1. The number of amides is 2. The van der Waals surface area contributed by atoms with E-state index in [-0.39, 0.29) is 11.6 Å². The Kier molecular flexibility index (Phi) is 5.57. The second kappa shape index (κ2) is 6.96. The Morgan fingerprint density at radius 1 is 1.24 bits per heavy atom. The molecule has 0 heterocycles. The fraction of sp³-hybridized carbons (Fsp3) is 0.385. The van der Waals surface area contributed by atoms with E-state index >= 15 is 0 Å². The number of nitrogens with one attached hydrogen (secondary N) is 2. The van der Waals surface area contributed by atoms with E-state index in [2.05, 4.69) is 10.6 Å². The average molecular weight is 304 g/mol. The molecule has 8 heteroatoms. The number of carbonyl (C=O) groups excluding carboxylic acids is 1. The number of benzene rings is 1. The zero-order chi connectivity index (χ0) is 16.2. The summed E-state index contributed by atoms with van der Waals surface area (Å²) >= 11 is 0. The van der Waals surface area contributed by atoms with E-state index in [4.69, 9.17) is 5.11 Å². The highest BCUT2D eigenvalue weighted by Gasteiger charge is 2.25. The molecule has 21 heavy (non-hydrogen) atoms. The molecule has 3 N–H and O–H groups in total. The van der Waals surface area contributed by atoms with Crippen LogP contribution < -0.4 is 10.6 Å². The fourth-order valence-electron chi connectivity index (χ4n) is 1.62. The molecule has 0 fully saturated rings. The molecular weight excluding hydrogens is 289 g/mol. The van der Waals surface area contributed by atoms with E-state index in [1.807, 2.05) is 0 Å². The predicted molar refractivity (Wildman–Crippen MR) is 69.3 cm³/mol. The van der Waals surface area contributed by atoms with Gasteiger partial charge < -0.3 is 15.7 Å². The molecule has 1 aromatic carbocycles. The summed E-state index contributed by atoms with van der Waals surface area (Å²) in [6.45, 7) is 3.39. The zero-order valence-electron chi connectivity index (χ0n) is 11.4. The topological polar surface area (TPSA) is 78.4 Å². The molecule has 0 saturated heterocycles. The standard InChI is InChI=1S/C13H15F3N2O3/c1-3-6(2)11(12(19)20)18-13(21)17-7-4-8(14)10(16)9(15)5-7/h4-6,11H,3H2,1-2H3,(H,19,20)(H2,17,18,21). The number of hydrogen-bond donors (Lipinski definition) is 3. The molecule has 0 aliphatic carbocycles. The second-order valence-electron chi connectivity index (χ2n) is 4.55. The predicted octanol–water partition coefficient (Wildman–Crippen LogP) is 2.72. The van der Waals surface area contributed by atoms with E-state index in [1.165, 1.54) is 0 Å². The minimum atomic E-state index is -1.65. The van der Waals surface area contributed by atoms with Crippen LogP contribution in [-0.2, 0) is 4.79 Å². The molecule has 0 aliphatic rings. The number of halogens is 3. The number of hydrogen-bond acceptors (Lipinski definition) is 2. The van der Waals surface area contributed by atoms with Crippen molar-refractivity contribution in [2.24, 2.45) is 5.92 Å². The molecule has 2 unspecified atom stereocenters. The molecule has 116 valence electrons. The Bertz CT molecular complexity index is 528. The third-order valence-electron chi connectivity index (χ3n) is 3.01. The monoisotopic (exact) mass is 304 g/mol. The highest BCUT2D eigenvalue weighted by Crippen LogP contribution is 2.17. The van der Waals surface area contributed by atoms with Crippen molar-refractivity contribution in [1.82, 2.24) is 5.32 Å². The van der Waals surface area contributed by atoms with Crippen LogP contribution in [-0.4, -0.2) is 23.1 Å². The van der Waals surface area contributed by atoms with E-state index in [1.54, 1.807) is 13.8 Å². The van der Waals surface area contributed by atoms with Crippen LogP contribution in [0.1, 0.15) is 20.3 Å². The van der Waals surface area contributed by atoms with Crippen LogP contribution in [0.25, 0.3) is 0 Å². The summed E-state index contributed by atoms with van der Waals surface area (Å²) in [4.78, 5) is 22.7. The molecule has 0 aliphatic heterocycles. The highest BCUT2D eigenvalue weighted by atomic mass is 19.2. The van der Waals surface area contributed by atoms with Gasteiger partial charge in [0.05, 0.1) is 0 Å². The van der Waals surface area contributed by atoms with Gasteiger partial charge in [-0.15, -0.1) is 0 Å². The van der Waals surface area contributed by atoms with Gasteiger partial charge in [-0.2, -0.15) is 0 Å². The van der Waals surface area contributed by atoms with Gasteiger partial charge in [-0.25, -0.2) is 22.8 Å². The zero-order valence-corrected chi connectivity index (χ0v) is 11.4. The van der Waals surface area contributed by atoms with Crippen molar-refractivity contribution in [3.05, 3.63) is 29.6 Å². The molecular formula is C13H15F3N2O3. The van der Waals surface area contributed by atoms with E-state index in [9.17, 15) is 22.8 Å². The van der Waals surface area contributed by atoms with Crippen molar-refractivity contribution in [3.63, 3.8) is 0 Å². The lowest BCUT2D eigenvalue weighted by Crippen LogP contribution is -2.46. The summed E-state index contributed by atoms with van der Waals surface area (Å²) in [6.07, 6.45) is 0.511. The second-order valence-corrected chi connectivity index (χ2v) is 4.55. The number of carbonyl (C=O) groups is 2. The smallest absolute Gasteiger partial charge is 0.326 e. The number of aliphatic carboxylic acids is 1. The van der Waals surface area contributed by atoms with Gasteiger partial charge in [0.2, 0.25) is 0 Å². The van der Waals surface area contributed by atoms with Crippen LogP contribution in [0.2, 0.25) is 0 Å². The lowest BCUT2D eigenvalue weighted by molar-refractivity contribution is -0.140. The maximum atomic E-state index is 13.0. The Labute approximate surface area is 119 Å². The minimum absolute atomic E-state index is 0.322. The van der Waals surface area contributed by atoms with Crippen molar-refractivity contribution in [3.8, 4) is 0 Å². The van der Waals surface area contributed by atoms with E-state index in [0.29, 0.717) is 18.6 Å². The summed E-state index contributed by atoms with van der Waals surface area (Å²) < 4.78 is 38.7. The van der Waals surface area contributed by atoms with E-state index in [0.717, 1.165) is 0 Å². The van der Waals surface area contributed by atoms with Crippen LogP contribution in [0, 0.1) is 23.4 Å². The lowest BCUT2D eigenvalue weighted by Gasteiger charge is -2.20. The molecule has 1 aromatic rings. The van der Waals surface area contributed by atoms with Crippen LogP contribution in [0.4, 0.5) is 23.7 Å². The molecule has 5 nitrogen and oxygen atoms in total. The van der Waals surface area contributed by atoms with Crippen molar-refractivity contribution in [2.75, 3.05) is 5.32 Å². The van der Waals surface area contributed by atoms with Crippen LogP contribution in [0.3, 0.4) is 0 Å². The van der Waals surface area contributed by atoms with Gasteiger partial charge in [-0.3, -0.25) is 0 Å². The number of urea groups is 1. The Balaban J connectivity index is 2.79.